The predicted molar refractivity (Wildman–Crippen MR) is 90.1 cm³/mol. The van der Waals surface area contributed by atoms with Gasteiger partial charge >= 0.3 is 0 Å². The molecule has 0 spiro atoms. The number of hydrogen-bond acceptors (Lipinski definition) is 6. The first-order valence-corrected chi connectivity index (χ1v) is 8.05. The lowest BCUT2D eigenvalue weighted by atomic mass is 9.96. The van der Waals surface area contributed by atoms with Crippen molar-refractivity contribution in [3.8, 4) is 0 Å². The lowest BCUT2D eigenvalue weighted by Gasteiger charge is -2.22. The number of Topliss-reactive ketones (excluding diaryl/α,β-unsaturated/α-hetero) is 1. The van der Waals surface area contributed by atoms with E-state index in [1.165, 1.54) is 19.3 Å². The Labute approximate surface area is 135 Å². The Bertz CT molecular complexity index is 665. The molecular formula is C17H21N5O. The first-order chi connectivity index (χ1) is 11.2. The number of nitrogens with zero attached hydrogens (tertiary/aromatic N) is 3. The Balaban J connectivity index is 1.65. The molecule has 23 heavy (non-hydrogen) atoms. The van der Waals surface area contributed by atoms with Crippen LogP contribution < -0.4 is 10.6 Å². The van der Waals surface area contributed by atoms with Crippen LogP contribution in [0.2, 0.25) is 0 Å². The maximum absolute atomic E-state index is 11.3. The Morgan fingerprint density at radius 2 is 1.87 bits per heavy atom. The summed E-state index contributed by atoms with van der Waals surface area (Å²) in [5, 5.41) is 14.6. The molecule has 0 aliphatic heterocycles. The van der Waals surface area contributed by atoms with Gasteiger partial charge in [0, 0.05) is 17.3 Å². The normalized spacial score (nSPS) is 15.2. The fraction of sp³-hybridized carbons (Fsp3) is 0.412. The molecule has 1 fully saturated rings. The third-order valence-corrected chi connectivity index (χ3v) is 4.06. The highest BCUT2D eigenvalue weighted by Gasteiger charge is 2.14. The second-order valence-corrected chi connectivity index (χ2v) is 5.90. The molecule has 120 valence electrons. The van der Waals surface area contributed by atoms with E-state index in [-0.39, 0.29) is 5.78 Å². The van der Waals surface area contributed by atoms with Crippen LogP contribution in [-0.4, -0.2) is 27.0 Å². The summed E-state index contributed by atoms with van der Waals surface area (Å²) in [6.45, 7) is 1.56. The summed E-state index contributed by atoms with van der Waals surface area (Å²) in [5.74, 6) is 1.25. The number of carbonyl (C=O) groups excluding carboxylic acids is 1. The summed E-state index contributed by atoms with van der Waals surface area (Å²) in [6, 6.07) is 7.73. The van der Waals surface area contributed by atoms with Crippen LogP contribution in [0.3, 0.4) is 0 Å². The van der Waals surface area contributed by atoms with Gasteiger partial charge in [0.2, 0.25) is 5.95 Å². The number of rotatable bonds is 5. The Morgan fingerprint density at radius 1 is 1.13 bits per heavy atom. The van der Waals surface area contributed by atoms with Crippen LogP contribution in [0.25, 0.3) is 0 Å². The van der Waals surface area contributed by atoms with Crippen LogP contribution in [0, 0.1) is 0 Å². The van der Waals surface area contributed by atoms with Gasteiger partial charge in [-0.2, -0.15) is 10.1 Å². The zero-order valence-electron chi connectivity index (χ0n) is 13.2. The molecule has 0 saturated heterocycles. The molecule has 0 atom stereocenters. The summed E-state index contributed by atoms with van der Waals surface area (Å²) in [6.07, 6.45) is 7.73. The van der Waals surface area contributed by atoms with Gasteiger partial charge in [0.05, 0.1) is 6.20 Å². The summed E-state index contributed by atoms with van der Waals surface area (Å²) in [7, 11) is 0. The number of benzene rings is 1. The van der Waals surface area contributed by atoms with Gasteiger partial charge in [0.25, 0.3) is 0 Å². The molecule has 1 heterocycles. The van der Waals surface area contributed by atoms with Crippen LogP contribution in [0.15, 0.2) is 30.5 Å². The van der Waals surface area contributed by atoms with E-state index in [0.717, 1.165) is 18.5 Å². The fourth-order valence-corrected chi connectivity index (χ4v) is 2.79. The zero-order chi connectivity index (χ0) is 16.1. The molecule has 1 aromatic heterocycles. The molecule has 0 radical (unpaired) electrons. The molecule has 1 aliphatic rings. The van der Waals surface area contributed by atoms with Crippen molar-refractivity contribution < 1.29 is 4.79 Å². The second-order valence-electron chi connectivity index (χ2n) is 5.90. The van der Waals surface area contributed by atoms with Crippen molar-refractivity contribution in [2.45, 2.75) is 45.1 Å². The van der Waals surface area contributed by atoms with Crippen LogP contribution in [0.1, 0.15) is 49.4 Å². The topological polar surface area (TPSA) is 79.8 Å². The van der Waals surface area contributed by atoms with Crippen LogP contribution >= 0.6 is 0 Å². The molecule has 0 amide bonds. The minimum absolute atomic E-state index is 0.0548. The largest absolute Gasteiger partial charge is 0.350 e. The Kier molecular flexibility index (Phi) is 4.80. The van der Waals surface area contributed by atoms with Gasteiger partial charge in [-0.15, -0.1) is 5.10 Å². The maximum atomic E-state index is 11.3. The lowest BCUT2D eigenvalue weighted by Crippen LogP contribution is -2.23. The molecule has 2 N–H and O–H groups in total. The average Bonchev–Trinajstić information content (AvgIpc) is 2.57. The summed E-state index contributed by atoms with van der Waals surface area (Å²) >= 11 is 0. The van der Waals surface area contributed by atoms with Gasteiger partial charge in [0.15, 0.2) is 11.6 Å². The SMILES string of the molecule is CC(=O)c1ccc(Nc2cnnc(NC3CCCCC3)n2)cc1. The van der Waals surface area contributed by atoms with Crippen LogP contribution in [0.5, 0.6) is 0 Å². The van der Waals surface area contributed by atoms with E-state index in [4.69, 9.17) is 0 Å². The quantitative estimate of drug-likeness (QED) is 0.822. The molecule has 1 saturated carbocycles. The highest BCUT2D eigenvalue weighted by Crippen LogP contribution is 2.21. The van der Waals surface area contributed by atoms with Gasteiger partial charge in [-0.05, 0) is 44.0 Å². The minimum atomic E-state index is 0.0548. The van der Waals surface area contributed by atoms with E-state index < -0.39 is 0 Å². The smallest absolute Gasteiger partial charge is 0.244 e. The van der Waals surface area contributed by atoms with E-state index in [2.05, 4.69) is 25.8 Å². The Hall–Kier alpha value is -2.50. The highest BCUT2D eigenvalue weighted by molar-refractivity contribution is 5.94. The van der Waals surface area contributed by atoms with Crippen molar-refractivity contribution in [1.82, 2.24) is 15.2 Å². The van der Waals surface area contributed by atoms with Crippen LogP contribution in [0.4, 0.5) is 17.5 Å². The van der Waals surface area contributed by atoms with Gasteiger partial charge in [-0.25, -0.2) is 0 Å². The summed E-state index contributed by atoms with van der Waals surface area (Å²) in [5.41, 5.74) is 1.55. The molecule has 1 aromatic carbocycles. The standard InChI is InChI=1S/C17H21N5O/c1-12(23)13-7-9-15(10-8-13)19-16-11-18-22-17(21-16)20-14-5-3-2-4-6-14/h7-11,14H,2-6H2,1H3,(H2,19,20,21,22). The van der Waals surface area contributed by atoms with E-state index in [1.54, 1.807) is 25.3 Å². The first kappa shape index (κ1) is 15.4. The zero-order valence-corrected chi connectivity index (χ0v) is 13.2. The number of carbonyl (C=O) groups is 1. The molecule has 0 unspecified atom stereocenters. The van der Waals surface area contributed by atoms with E-state index >= 15 is 0 Å². The Morgan fingerprint density at radius 3 is 2.57 bits per heavy atom. The maximum Gasteiger partial charge on any atom is 0.244 e. The lowest BCUT2D eigenvalue weighted by molar-refractivity contribution is 0.101. The molecule has 3 rings (SSSR count). The van der Waals surface area contributed by atoms with E-state index in [0.29, 0.717) is 23.4 Å². The average molecular weight is 311 g/mol. The fourth-order valence-electron chi connectivity index (χ4n) is 2.79. The molecule has 1 aliphatic carbocycles. The number of ketones is 1. The number of hydrogen-bond donors (Lipinski definition) is 2. The van der Waals surface area contributed by atoms with Gasteiger partial charge < -0.3 is 10.6 Å². The minimum Gasteiger partial charge on any atom is -0.350 e. The number of nitrogens with one attached hydrogen (secondary N) is 2. The van der Waals surface area contributed by atoms with Crippen molar-refractivity contribution in [3.63, 3.8) is 0 Å². The summed E-state index contributed by atoms with van der Waals surface area (Å²) < 4.78 is 0. The van der Waals surface area contributed by atoms with Gasteiger partial charge in [-0.1, -0.05) is 19.3 Å². The third kappa shape index (κ3) is 4.25. The first-order valence-electron chi connectivity index (χ1n) is 8.05. The van der Waals surface area contributed by atoms with Gasteiger partial charge in [0.1, 0.15) is 0 Å². The summed E-state index contributed by atoms with van der Waals surface area (Å²) in [4.78, 5) is 15.7. The monoisotopic (exact) mass is 311 g/mol. The van der Waals surface area contributed by atoms with Crippen molar-refractivity contribution in [2.24, 2.45) is 0 Å². The molecule has 6 nitrogen and oxygen atoms in total. The molecule has 0 bridgehead atoms. The molecule has 6 heteroatoms. The molecular weight excluding hydrogens is 290 g/mol. The highest BCUT2D eigenvalue weighted by atomic mass is 16.1. The second kappa shape index (κ2) is 7.17. The van der Waals surface area contributed by atoms with E-state index in [1.807, 2.05) is 12.1 Å². The van der Waals surface area contributed by atoms with Crippen LogP contribution in [-0.2, 0) is 0 Å². The number of aromatic nitrogens is 3. The number of anilines is 3. The van der Waals surface area contributed by atoms with Crippen molar-refractivity contribution in [3.05, 3.63) is 36.0 Å². The van der Waals surface area contributed by atoms with Crippen molar-refractivity contribution in [1.29, 1.82) is 0 Å². The molecule has 2 aromatic rings. The van der Waals surface area contributed by atoms with Crippen molar-refractivity contribution in [2.75, 3.05) is 10.6 Å². The third-order valence-electron chi connectivity index (χ3n) is 4.06. The predicted octanol–water partition coefficient (Wildman–Crippen LogP) is 3.56. The van der Waals surface area contributed by atoms with Crippen molar-refractivity contribution >= 4 is 23.2 Å². The van der Waals surface area contributed by atoms with Gasteiger partial charge in [-0.3, -0.25) is 4.79 Å². The van der Waals surface area contributed by atoms with E-state index in [9.17, 15) is 4.79 Å².